The fourth-order valence-electron chi connectivity index (χ4n) is 6.03. The van der Waals surface area contributed by atoms with E-state index in [-0.39, 0.29) is 47.8 Å². The summed E-state index contributed by atoms with van der Waals surface area (Å²) in [6.45, 7) is 6.69. The first kappa shape index (κ1) is 17.8. The Bertz CT molecular complexity index is 646. The van der Waals surface area contributed by atoms with Crippen molar-refractivity contribution in [3.05, 3.63) is 0 Å². The molecule has 0 aromatic carbocycles. The van der Waals surface area contributed by atoms with E-state index in [0.717, 1.165) is 12.8 Å². The minimum Gasteiger partial charge on any atom is -0.461 e. The molecule has 4 aliphatic rings. The number of ether oxygens (including phenoxy) is 4. The van der Waals surface area contributed by atoms with E-state index in [4.69, 9.17) is 18.9 Å². The molecular weight excluding hydrogens is 340 g/mol. The molecule has 0 radical (unpaired) electrons. The second-order valence-electron chi connectivity index (χ2n) is 8.40. The lowest BCUT2D eigenvalue weighted by molar-refractivity contribution is -0.207. The Morgan fingerprint density at radius 2 is 1.85 bits per heavy atom. The normalized spacial score (nSPS) is 49.0. The van der Waals surface area contributed by atoms with Crippen LogP contribution in [0.15, 0.2) is 0 Å². The summed E-state index contributed by atoms with van der Waals surface area (Å²) < 4.78 is 23.0. The van der Waals surface area contributed by atoms with Gasteiger partial charge in [0.25, 0.3) is 0 Å². The first-order valence-corrected chi connectivity index (χ1v) is 9.45. The molecule has 26 heavy (non-hydrogen) atoms. The van der Waals surface area contributed by atoms with Crippen molar-refractivity contribution in [2.75, 3.05) is 0 Å². The number of hydrogen-bond donors (Lipinski definition) is 0. The predicted molar refractivity (Wildman–Crippen MR) is 87.5 cm³/mol. The zero-order chi connectivity index (χ0) is 18.8. The Balaban J connectivity index is 1.74. The van der Waals surface area contributed by atoms with Crippen LogP contribution in [0.1, 0.15) is 47.0 Å². The summed E-state index contributed by atoms with van der Waals surface area (Å²) >= 11 is 0. The van der Waals surface area contributed by atoms with Gasteiger partial charge >= 0.3 is 17.9 Å². The van der Waals surface area contributed by atoms with Crippen LogP contribution in [-0.4, -0.2) is 42.5 Å². The molecule has 0 N–H and O–H groups in total. The molecular formula is C19H26O7. The van der Waals surface area contributed by atoms with Gasteiger partial charge in [-0.2, -0.15) is 0 Å². The molecule has 2 aliphatic heterocycles. The lowest BCUT2D eigenvalue weighted by atomic mass is 9.52. The van der Waals surface area contributed by atoms with Gasteiger partial charge in [0.15, 0.2) is 0 Å². The van der Waals surface area contributed by atoms with Gasteiger partial charge in [-0.25, -0.2) is 0 Å². The first-order valence-electron chi connectivity index (χ1n) is 9.45. The molecule has 2 aliphatic carbocycles. The van der Waals surface area contributed by atoms with Crippen molar-refractivity contribution < 1.29 is 33.3 Å². The summed E-state index contributed by atoms with van der Waals surface area (Å²) in [5.41, 5.74) is -0.391. The van der Waals surface area contributed by atoms with Gasteiger partial charge in [-0.15, -0.1) is 0 Å². The molecule has 144 valence electrons. The number of esters is 3. The van der Waals surface area contributed by atoms with E-state index in [2.05, 4.69) is 0 Å². The summed E-state index contributed by atoms with van der Waals surface area (Å²) in [7, 11) is 0. The summed E-state index contributed by atoms with van der Waals surface area (Å²) in [4.78, 5) is 35.5. The Hall–Kier alpha value is -1.63. The molecule has 0 aromatic rings. The smallest absolute Gasteiger partial charge is 0.309 e. The van der Waals surface area contributed by atoms with Gasteiger partial charge in [-0.05, 0) is 19.3 Å². The van der Waals surface area contributed by atoms with Crippen LogP contribution in [-0.2, 0) is 33.3 Å². The third kappa shape index (κ3) is 2.39. The topological polar surface area (TPSA) is 88.1 Å². The quantitative estimate of drug-likeness (QED) is 0.544. The predicted octanol–water partition coefficient (Wildman–Crippen LogP) is 1.82. The van der Waals surface area contributed by atoms with E-state index in [1.165, 1.54) is 13.8 Å². The van der Waals surface area contributed by atoms with Gasteiger partial charge in [0.2, 0.25) is 6.29 Å². The maximum atomic E-state index is 12.2. The molecule has 4 rings (SSSR count). The number of hydrogen-bond acceptors (Lipinski definition) is 7. The number of rotatable bonds is 2. The van der Waals surface area contributed by atoms with Crippen LogP contribution in [0.2, 0.25) is 0 Å². The molecule has 0 amide bonds. The van der Waals surface area contributed by atoms with E-state index in [1.807, 2.05) is 13.8 Å². The zero-order valence-electron chi connectivity index (χ0n) is 15.6. The van der Waals surface area contributed by atoms with Crippen molar-refractivity contribution in [3.8, 4) is 0 Å². The van der Waals surface area contributed by atoms with Crippen LogP contribution >= 0.6 is 0 Å². The van der Waals surface area contributed by atoms with Gasteiger partial charge in [0, 0.05) is 37.0 Å². The fourth-order valence-corrected chi connectivity index (χ4v) is 6.03. The van der Waals surface area contributed by atoms with Crippen LogP contribution in [0.5, 0.6) is 0 Å². The zero-order valence-corrected chi connectivity index (χ0v) is 15.6. The molecule has 2 bridgehead atoms. The average molecular weight is 366 g/mol. The van der Waals surface area contributed by atoms with Crippen molar-refractivity contribution in [1.29, 1.82) is 0 Å². The van der Waals surface area contributed by atoms with Crippen LogP contribution in [0.3, 0.4) is 0 Å². The SMILES string of the molecule is CC(=O)OC1O[C@H]2C[C@@]13CCC1[C@H](C)C(=O)O[C@@H]1[C@H]3[C@H](C)[C@H]2OC(C)=O. The van der Waals surface area contributed by atoms with Crippen molar-refractivity contribution in [2.45, 2.75) is 71.6 Å². The maximum absolute atomic E-state index is 12.2. The van der Waals surface area contributed by atoms with Gasteiger partial charge in [0.1, 0.15) is 12.2 Å². The van der Waals surface area contributed by atoms with E-state index < -0.39 is 23.8 Å². The Kier molecular flexibility index (Phi) is 4.06. The summed E-state index contributed by atoms with van der Waals surface area (Å²) in [6, 6.07) is 0. The van der Waals surface area contributed by atoms with Gasteiger partial charge in [0.05, 0.1) is 12.0 Å². The monoisotopic (exact) mass is 366 g/mol. The summed E-state index contributed by atoms with van der Waals surface area (Å²) in [6.07, 6.45) is 0.624. The second kappa shape index (κ2) is 5.94. The highest BCUT2D eigenvalue weighted by Crippen LogP contribution is 2.64. The lowest BCUT2D eigenvalue weighted by Crippen LogP contribution is -2.58. The van der Waals surface area contributed by atoms with Crippen molar-refractivity contribution >= 4 is 17.9 Å². The largest absolute Gasteiger partial charge is 0.461 e. The van der Waals surface area contributed by atoms with Crippen LogP contribution in [0.25, 0.3) is 0 Å². The third-order valence-corrected chi connectivity index (χ3v) is 7.02. The van der Waals surface area contributed by atoms with Gasteiger partial charge in [-0.3, -0.25) is 14.4 Å². The number of carbonyl (C=O) groups excluding carboxylic acids is 3. The van der Waals surface area contributed by atoms with E-state index in [9.17, 15) is 14.4 Å². The van der Waals surface area contributed by atoms with Crippen molar-refractivity contribution in [3.63, 3.8) is 0 Å². The highest BCUT2D eigenvalue weighted by atomic mass is 16.7. The van der Waals surface area contributed by atoms with Gasteiger partial charge < -0.3 is 18.9 Å². The maximum Gasteiger partial charge on any atom is 0.309 e. The number of fused-ring (bicyclic) bond motifs is 3. The minimum absolute atomic E-state index is 0.0518. The Morgan fingerprint density at radius 3 is 2.50 bits per heavy atom. The third-order valence-electron chi connectivity index (χ3n) is 7.02. The standard InChI is InChI=1S/C19H26O7/c1-8-12-5-6-19-7-13(25-18(19)24-11(4)21)15(23-10(3)20)9(2)14(19)16(12)26-17(8)22/h8-9,12-16,18H,5-7H2,1-4H3/t8-,9-,12?,13-,14+,15+,16-,18?,19+/m0/s1. The molecule has 4 fully saturated rings. The van der Waals surface area contributed by atoms with Crippen LogP contribution in [0.4, 0.5) is 0 Å². The fraction of sp³-hybridized carbons (Fsp3) is 0.842. The molecule has 0 aromatic heterocycles. The average Bonchev–Trinajstić information content (AvgIpc) is 3.00. The second-order valence-corrected chi connectivity index (χ2v) is 8.40. The van der Waals surface area contributed by atoms with E-state index in [0.29, 0.717) is 6.42 Å². The number of carbonyl (C=O) groups is 3. The van der Waals surface area contributed by atoms with E-state index in [1.54, 1.807) is 0 Å². The molecule has 7 heteroatoms. The molecule has 2 saturated carbocycles. The molecule has 7 nitrogen and oxygen atoms in total. The Labute approximate surface area is 152 Å². The van der Waals surface area contributed by atoms with Gasteiger partial charge in [-0.1, -0.05) is 13.8 Å². The highest BCUT2D eigenvalue weighted by molar-refractivity contribution is 5.75. The van der Waals surface area contributed by atoms with Crippen molar-refractivity contribution in [1.82, 2.24) is 0 Å². The first-order chi connectivity index (χ1) is 12.2. The molecule has 9 atom stereocenters. The van der Waals surface area contributed by atoms with E-state index >= 15 is 0 Å². The lowest BCUT2D eigenvalue weighted by Gasteiger charge is -2.53. The molecule has 1 spiro atoms. The van der Waals surface area contributed by atoms with Crippen molar-refractivity contribution in [2.24, 2.45) is 29.1 Å². The highest BCUT2D eigenvalue weighted by Gasteiger charge is 2.70. The minimum atomic E-state index is -0.687. The Morgan fingerprint density at radius 1 is 1.15 bits per heavy atom. The van der Waals surface area contributed by atoms with Crippen LogP contribution < -0.4 is 0 Å². The molecule has 2 heterocycles. The summed E-state index contributed by atoms with van der Waals surface area (Å²) in [5.74, 6) is -1.04. The summed E-state index contributed by atoms with van der Waals surface area (Å²) in [5, 5.41) is 0. The molecule has 2 saturated heterocycles. The van der Waals surface area contributed by atoms with Crippen LogP contribution in [0, 0.1) is 29.1 Å². The molecule has 2 unspecified atom stereocenters.